The van der Waals surface area contributed by atoms with Crippen molar-refractivity contribution in [3.05, 3.63) is 33.8 Å². The molecule has 2 aliphatic rings. The van der Waals surface area contributed by atoms with E-state index >= 15 is 0 Å². The van der Waals surface area contributed by atoms with Gasteiger partial charge in [0.25, 0.3) is 0 Å². The molecule has 0 saturated carbocycles. The number of amides is 1. The van der Waals surface area contributed by atoms with Crippen molar-refractivity contribution in [1.29, 1.82) is 0 Å². The lowest BCUT2D eigenvalue weighted by molar-refractivity contribution is -0.141. The zero-order chi connectivity index (χ0) is 16.2. The van der Waals surface area contributed by atoms with Gasteiger partial charge in [0.1, 0.15) is 6.10 Å². The molecule has 0 N–H and O–H groups in total. The second-order valence-electron chi connectivity index (χ2n) is 5.76. The van der Waals surface area contributed by atoms with E-state index in [-0.39, 0.29) is 12.0 Å². The van der Waals surface area contributed by atoms with Gasteiger partial charge < -0.3 is 14.4 Å². The quantitative estimate of drug-likeness (QED) is 0.830. The van der Waals surface area contributed by atoms with Gasteiger partial charge in [0.05, 0.1) is 43.0 Å². The second kappa shape index (κ2) is 7.81. The molecular weight excluding hydrogens is 339 g/mol. The highest BCUT2D eigenvalue weighted by Gasteiger charge is 2.27. The number of halogens is 2. The highest BCUT2D eigenvalue weighted by Crippen LogP contribution is 2.29. The zero-order valence-electron chi connectivity index (χ0n) is 12.8. The molecule has 1 amide bonds. The number of carbonyl (C=O) groups is 1. The fourth-order valence-electron chi connectivity index (χ4n) is 2.84. The molecule has 0 spiro atoms. The third kappa shape index (κ3) is 4.37. The topological polar surface area (TPSA) is 42.0 Å². The third-order valence-corrected chi connectivity index (χ3v) is 4.94. The van der Waals surface area contributed by atoms with Gasteiger partial charge in [-0.25, -0.2) is 0 Å². The Morgan fingerprint density at radius 2 is 1.91 bits per heavy atom. The standard InChI is InChI=1S/C16H20Cl2N2O3/c17-13-2-1-12(9-14(13)18)15-10-20(5-8-23-15)16(21)11-19-3-6-22-7-4-19/h1-2,9,15H,3-8,10-11H2. The first-order valence-corrected chi connectivity index (χ1v) is 8.53. The lowest BCUT2D eigenvalue weighted by atomic mass is 10.1. The van der Waals surface area contributed by atoms with E-state index in [1.165, 1.54) is 0 Å². The monoisotopic (exact) mass is 358 g/mol. The summed E-state index contributed by atoms with van der Waals surface area (Å²) in [5.74, 6) is 0.139. The molecule has 0 bridgehead atoms. The van der Waals surface area contributed by atoms with Gasteiger partial charge in [-0.05, 0) is 17.7 Å². The summed E-state index contributed by atoms with van der Waals surface area (Å²) in [6.45, 7) is 5.16. The van der Waals surface area contributed by atoms with E-state index < -0.39 is 0 Å². The molecule has 5 nitrogen and oxygen atoms in total. The molecule has 23 heavy (non-hydrogen) atoms. The first kappa shape index (κ1) is 17.0. The predicted octanol–water partition coefficient (Wildman–Crippen LogP) is 2.23. The summed E-state index contributed by atoms with van der Waals surface area (Å²) in [4.78, 5) is 16.5. The first-order valence-electron chi connectivity index (χ1n) is 7.78. The molecule has 2 heterocycles. The van der Waals surface area contributed by atoms with Crippen LogP contribution in [-0.2, 0) is 14.3 Å². The number of hydrogen-bond acceptors (Lipinski definition) is 4. The summed E-state index contributed by atoms with van der Waals surface area (Å²) < 4.78 is 11.1. The van der Waals surface area contributed by atoms with Crippen molar-refractivity contribution in [1.82, 2.24) is 9.80 Å². The Bertz CT molecular complexity index is 564. The normalized spacial score (nSPS) is 23.0. The maximum atomic E-state index is 12.5. The summed E-state index contributed by atoms with van der Waals surface area (Å²) in [6.07, 6.45) is -0.160. The molecule has 1 unspecified atom stereocenters. The molecule has 2 fully saturated rings. The largest absolute Gasteiger partial charge is 0.379 e. The number of morpholine rings is 2. The molecule has 1 atom stereocenters. The Morgan fingerprint density at radius 3 is 2.65 bits per heavy atom. The van der Waals surface area contributed by atoms with Gasteiger partial charge in [-0.3, -0.25) is 9.69 Å². The van der Waals surface area contributed by atoms with Crippen LogP contribution in [0.15, 0.2) is 18.2 Å². The Balaban J connectivity index is 1.60. The van der Waals surface area contributed by atoms with Gasteiger partial charge in [-0.15, -0.1) is 0 Å². The van der Waals surface area contributed by atoms with E-state index in [0.29, 0.717) is 49.5 Å². The van der Waals surface area contributed by atoms with E-state index in [0.717, 1.165) is 18.7 Å². The highest BCUT2D eigenvalue weighted by atomic mass is 35.5. The van der Waals surface area contributed by atoms with Crippen LogP contribution in [0.25, 0.3) is 0 Å². The van der Waals surface area contributed by atoms with Crippen LogP contribution in [-0.4, -0.2) is 68.3 Å². The van der Waals surface area contributed by atoms with E-state index in [4.69, 9.17) is 32.7 Å². The molecule has 0 aliphatic carbocycles. The second-order valence-corrected chi connectivity index (χ2v) is 6.58. The fourth-order valence-corrected chi connectivity index (χ4v) is 3.15. The predicted molar refractivity (Wildman–Crippen MR) is 89.0 cm³/mol. The van der Waals surface area contributed by atoms with E-state index in [1.54, 1.807) is 6.07 Å². The molecule has 126 valence electrons. The van der Waals surface area contributed by atoms with E-state index in [9.17, 15) is 4.79 Å². The molecule has 2 aliphatic heterocycles. The minimum atomic E-state index is -0.160. The van der Waals surface area contributed by atoms with Crippen LogP contribution in [0.5, 0.6) is 0 Å². The van der Waals surface area contributed by atoms with Gasteiger partial charge in [0.15, 0.2) is 0 Å². The number of rotatable bonds is 3. The van der Waals surface area contributed by atoms with Gasteiger partial charge in [-0.2, -0.15) is 0 Å². The Morgan fingerprint density at radius 1 is 1.13 bits per heavy atom. The molecule has 1 aromatic rings. The first-order chi connectivity index (χ1) is 11.1. The number of ether oxygens (including phenoxy) is 2. The van der Waals surface area contributed by atoms with Crippen molar-refractivity contribution < 1.29 is 14.3 Å². The minimum Gasteiger partial charge on any atom is -0.379 e. The Hall–Kier alpha value is -0.850. The maximum absolute atomic E-state index is 12.5. The fraction of sp³-hybridized carbons (Fsp3) is 0.562. The molecule has 3 rings (SSSR count). The van der Waals surface area contributed by atoms with Crippen molar-refractivity contribution in [3.8, 4) is 0 Å². The summed E-state index contributed by atoms with van der Waals surface area (Å²) in [5, 5.41) is 1.02. The molecule has 7 heteroatoms. The summed E-state index contributed by atoms with van der Waals surface area (Å²) >= 11 is 12.0. The van der Waals surface area contributed by atoms with Crippen molar-refractivity contribution >= 4 is 29.1 Å². The third-order valence-electron chi connectivity index (χ3n) is 4.20. The average Bonchev–Trinajstić information content (AvgIpc) is 2.58. The van der Waals surface area contributed by atoms with Gasteiger partial charge in [-0.1, -0.05) is 29.3 Å². The van der Waals surface area contributed by atoms with Crippen LogP contribution in [0, 0.1) is 0 Å². The average molecular weight is 359 g/mol. The van der Waals surface area contributed by atoms with Crippen molar-refractivity contribution in [2.45, 2.75) is 6.10 Å². The minimum absolute atomic E-state index is 0.139. The lowest BCUT2D eigenvalue weighted by Gasteiger charge is -2.35. The SMILES string of the molecule is O=C(CN1CCOCC1)N1CCOC(c2ccc(Cl)c(Cl)c2)C1. The molecular formula is C16H20Cl2N2O3. The number of nitrogens with zero attached hydrogens (tertiary/aromatic N) is 2. The number of benzene rings is 1. The van der Waals surface area contributed by atoms with Gasteiger partial charge in [0.2, 0.25) is 5.91 Å². The van der Waals surface area contributed by atoms with Gasteiger partial charge >= 0.3 is 0 Å². The van der Waals surface area contributed by atoms with Gasteiger partial charge in [0, 0.05) is 19.6 Å². The highest BCUT2D eigenvalue weighted by molar-refractivity contribution is 6.42. The smallest absolute Gasteiger partial charge is 0.236 e. The molecule has 2 saturated heterocycles. The number of carbonyl (C=O) groups excluding carboxylic acids is 1. The van der Waals surface area contributed by atoms with Crippen LogP contribution in [0.4, 0.5) is 0 Å². The van der Waals surface area contributed by atoms with E-state index in [2.05, 4.69) is 4.90 Å². The zero-order valence-corrected chi connectivity index (χ0v) is 14.4. The summed E-state index contributed by atoms with van der Waals surface area (Å²) in [5.41, 5.74) is 0.947. The van der Waals surface area contributed by atoms with E-state index in [1.807, 2.05) is 17.0 Å². The molecule has 1 aromatic carbocycles. The maximum Gasteiger partial charge on any atom is 0.236 e. The lowest BCUT2D eigenvalue weighted by Crippen LogP contribution is -2.48. The van der Waals surface area contributed by atoms with Crippen molar-refractivity contribution in [2.75, 3.05) is 52.5 Å². The summed E-state index contributed by atoms with van der Waals surface area (Å²) in [6, 6.07) is 5.47. The van der Waals surface area contributed by atoms with Crippen LogP contribution in [0.1, 0.15) is 11.7 Å². The van der Waals surface area contributed by atoms with Crippen molar-refractivity contribution in [3.63, 3.8) is 0 Å². The molecule has 0 radical (unpaired) electrons. The Kier molecular flexibility index (Phi) is 5.77. The Labute approximate surface area is 146 Å². The summed E-state index contributed by atoms with van der Waals surface area (Å²) in [7, 11) is 0. The van der Waals surface area contributed by atoms with Crippen LogP contribution < -0.4 is 0 Å². The van der Waals surface area contributed by atoms with Crippen LogP contribution >= 0.6 is 23.2 Å². The van der Waals surface area contributed by atoms with Crippen LogP contribution in [0.3, 0.4) is 0 Å². The molecule has 0 aromatic heterocycles. The number of hydrogen-bond donors (Lipinski definition) is 0. The van der Waals surface area contributed by atoms with Crippen molar-refractivity contribution in [2.24, 2.45) is 0 Å². The van der Waals surface area contributed by atoms with Crippen LogP contribution in [0.2, 0.25) is 10.0 Å².